The van der Waals surface area contributed by atoms with Gasteiger partial charge in [0, 0.05) is 6.20 Å². The predicted molar refractivity (Wildman–Crippen MR) is 94.3 cm³/mol. The summed E-state index contributed by atoms with van der Waals surface area (Å²) in [6.07, 6.45) is 16.9. The van der Waals surface area contributed by atoms with Gasteiger partial charge in [-0.25, -0.2) is 4.79 Å². The van der Waals surface area contributed by atoms with Gasteiger partial charge < -0.3 is 4.74 Å². The van der Waals surface area contributed by atoms with Crippen LogP contribution in [0.2, 0.25) is 0 Å². The molecule has 25 heavy (non-hydrogen) atoms. The molecular formula is C20H23NO4. The lowest BCUT2D eigenvalue weighted by molar-refractivity contribution is -0.104. The number of hydrogen-bond donors (Lipinski definition) is 0. The Labute approximate surface area is 147 Å². The first kappa shape index (κ1) is 17.4. The molecule has 5 heteroatoms. The van der Waals surface area contributed by atoms with E-state index in [4.69, 9.17) is 0 Å². The number of aldehydes is 1. The van der Waals surface area contributed by atoms with Crippen molar-refractivity contribution < 1.29 is 19.1 Å². The maximum Gasteiger partial charge on any atom is 0.340 e. The number of nitrogens with zero attached hydrogens (tertiary/aromatic N) is 1. The Kier molecular flexibility index (Phi) is 5.31. The van der Waals surface area contributed by atoms with Gasteiger partial charge in [-0.05, 0) is 49.7 Å². The molecular weight excluding hydrogens is 318 g/mol. The molecule has 2 heterocycles. The minimum absolute atomic E-state index is 0.0377. The van der Waals surface area contributed by atoms with Gasteiger partial charge in [-0.2, -0.15) is 0 Å². The lowest BCUT2D eigenvalue weighted by Crippen LogP contribution is -2.19. The second-order valence-electron chi connectivity index (χ2n) is 6.71. The molecule has 5 nitrogen and oxygen atoms in total. The minimum atomic E-state index is -0.528. The van der Waals surface area contributed by atoms with Gasteiger partial charge in [0.2, 0.25) is 0 Å². The average Bonchev–Trinajstić information content (AvgIpc) is 3.22. The van der Waals surface area contributed by atoms with Crippen molar-refractivity contribution in [1.82, 2.24) is 4.57 Å². The molecule has 1 fully saturated rings. The Morgan fingerprint density at radius 3 is 2.80 bits per heavy atom. The average molecular weight is 341 g/mol. The summed E-state index contributed by atoms with van der Waals surface area (Å²) in [4.78, 5) is 33.3. The molecule has 3 aliphatic rings. The molecule has 0 spiro atoms. The van der Waals surface area contributed by atoms with E-state index in [0.29, 0.717) is 12.0 Å². The van der Waals surface area contributed by atoms with Gasteiger partial charge in [-0.1, -0.05) is 25.0 Å². The first-order chi connectivity index (χ1) is 12.2. The van der Waals surface area contributed by atoms with Crippen molar-refractivity contribution in [2.24, 2.45) is 11.8 Å². The monoisotopic (exact) mass is 341 g/mol. The van der Waals surface area contributed by atoms with Gasteiger partial charge in [0.05, 0.1) is 23.9 Å². The first-order valence-electron chi connectivity index (χ1n) is 8.83. The van der Waals surface area contributed by atoms with Gasteiger partial charge in [0.1, 0.15) is 0 Å². The van der Waals surface area contributed by atoms with Crippen molar-refractivity contribution in [1.29, 1.82) is 0 Å². The number of allylic oxidation sites excluding steroid dienone is 3. The summed E-state index contributed by atoms with van der Waals surface area (Å²) >= 11 is 0. The Bertz CT molecular complexity index is 741. The minimum Gasteiger partial charge on any atom is -0.465 e. The standard InChI is InChI=1S/C10H7NO4.C10H16/c1-15-10(14)7-2-3-11-8(7)4-6(5-12)9(11)13;1-2-6-10-8-4-3-7-9(10)5-1/h2-5H,1H3;1,5,9-10H,2-4,6-8H2/t;9-,10?/m.0/s1. The number of rotatable bonds is 2. The quantitative estimate of drug-likeness (QED) is 0.356. The highest BCUT2D eigenvalue weighted by Gasteiger charge is 2.26. The van der Waals surface area contributed by atoms with Gasteiger partial charge in [-0.15, -0.1) is 0 Å². The van der Waals surface area contributed by atoms with Crippen LogP contribution in [0.4, 0.5) is 0 Å². The van der Waals surface area contributed by atoms with Crippen molar-refractivity contribution in [3.63, 3.8) is 0 Å². The summed E-state index contributed by atoms with van der Waals surface area (Å²) < 4.78 is 5.79. The van der Waals surface area contributed by atoms with Crippen LogP contribution in [0.5, 0.6) is 0 Å². The molecule has 1 aliphatic heterocycles. The highest BCUT2D eigenvalue weighted by Crippen LogP contribution is 2.36. The molecule has 1 aromatic rings. The van der Waals surface area contributed by atoms with Crippen molar-refractivity contribution in [2.45, 2.75) is 38.5 Å². The third-order valence-corrected chi connectivity index (χ3v) is 5.27. The molecule has 0 radical (unpaired) electrons. The number of esters is 1. The lowest BCUT2D eigenvalue weighted by Gasteiger charge is -2.31. The summed E-state index contributed by atoms with van der Waals surface area (Å²) in [5.41, 5.74) is 0.715. The summed E-state index contributed by atoms with van der Waals surface area (Å²) in [7, 11) is 1.26. The number of hydrogen-bond acceptors (Lipinski definition) is 4. The topological polar surface area (TPSA) is 65.4 Å². The van der Waals surface area contributed by atoms with Gasteiger partial charge >= 0.3 is 5.97 Å². The van der Waals surface area contributed by atoms with E-state index in [2.05, 4.69) is 16.9 Å². The third-order valence-electron chi connectivity index (χ3n) is 5.27. The van der Waals surface area contributed by atoms with E-state index in [0.717, 1.165) is 11.8 Å². The lowest BCUT2D eigenvalue weighted by atomic mass is 9.74. The Hall–Kier alpha value is -2.43. The maximum absolute atomic E-state index is 11.5. The molecule has 0 aromatic carbocycles. The van der Waals surface area contributed by atoms with Crippen LogP contribution in [0.15, 0.2) is 30.0 Å². The van der Waals surface area contributed by atoms with Gasteiger partial charge in [0.15, 0.2) is 6.29 Å². The molecule has 1 aromatic heterocycles. The van der Waals surface area contributed by atoms with Crippen molar-refractivity contribution in [3.8, 4) is 0 Å². The van der Waals surface area contributed by atoms with E-state index in [1.54, 1.807) is 0 Å². The molecule has 1 saturated carbocycles. The fourth-order valence-electron chi connectivity index (χ4n) is 3.91. The molecule has 132 valence electrons. The van der Waals surface area contributed by atoms with Crippen molar-refractivity contribution >= 4 is 24.2 Å². The smallest absolute Gasteiger partial charge is 0.340 e. The largest absolute Gasteiger partial charge is 0.465 e. The molecule has 4 rings (SSSR count). The zero-order chi connectivity index (χ0) is 17.8. The number of aromatic nitrogens is 1. The van der Waals surface area contributed by atoms with Crippen LogP contribution in [0.1, 0.15) is 59.4 Å². The van der Waals surface area contributed by atoms with E-state index in [-0.39, 0.29) is 11.1 Å². The zero-order valence-corrected chi connectivity index (χ0v) is 14.4. The summed E-state index contributed by atoms with van der Waals surface area (Å²) in [5, 5.41) is 0. The maximum atomic E-state index is 11.5. The zero-order valence-electron chi connectivity index (χ0n) is 14.4. The number of methoxy groups -OCH3 is 1. The van der Waals surface area contributed by atoms with E-state index >= 15 is 0 Å². The fourth-order valence-corrected chi connectivity index (χ4v) is 3.91. The normalized spacial score (nSPS) is 23.7. The molecule has 2 aliphatic carbocycles. The first-order valence-corrected chi connectivity index (χ1v) is 8.83. The third kappa shape index (κ3) is 3.50. The van der Waals surface area contributed by atoms with Crippen molar-refractivity contribution in [2.75, 3.05) is 7.11 Å². The number of carbonyl (C=O) groups is 3. The second kappa shape index (κ2) is 7.64. The summed E-state index contributed by atoms with van der Waals surface area (Å²) in [5.74, 6) is 1.09. The van der Waals surface area contributed by atoms with E-state index in [1.165, 1.54) is 68.5 Å². The molecule has 0 amide bonds. The van der Waals surface area contributed by atoms with Crippen LogP contribution >= 0.6 is 0 Å². The fraction of sp³-hybridized carbons (Fsp3) is 0.450. The number of ether oxygens (including phenoxy) is 1. The van der Waals surface area contributed by atoms with Gasteiger partial charge in [0.25, 0.3) is 5.91 Å². The summed E-state index contributed by atoms with van der Waals surface area (Å²) in [6, 6.07) is 1.48. The molecule has 0 saturated heterocycles. The van der Waals surface area contributed by atoms with E-state index in [1.807, 2.05) is 0 Å². The van der Waals surface area contributed by atoms with E-state index in [9.17, 15) is 14.4 Å². The Morgan fingerprint density at radius 2 is 2.08 bits per heavy atom. The molecule has 0 bridgehead atoms. The number of fused-ring (bicyclic) bond motifs is 2. The summed E-state index contributed by atoms with van der Waals surface area (Å²) in [6.45, 7) is 0. The van der Waals surface area contributed by atoms with Crippen LogP contribution < -0.4 is 0 Å². The molecule has 2 atom stereocenters. The highest BCUT2D eigenvalue weighted by molar-refractivity contribution is 6.20. The predicted octanol–water partition coefficient (Wildman–Crippen LogP) is 3.65. The van der Waals surface area contributed by atoms with Crippen LogP contribution in [-0.2, 0) is 9.53 Å². The SMILES string of the molecule is C1=C[C@H]2CCCCC2CC1.COC(=O)c1ccn2c1C=C(C=O)C2=O. The van der Waals surface area contributed by atoms with Crippen LogP contribution in [0, 0.1) is 11.8 Å². The second-order valence-corrected chi connectivity index (χ2v) is 6.71. The Morgan fingerprint density at radius 1 is 1.28 bits per heavy atom. The van der Waals surface area contributed by atoms with Crippen molar-refractivity contribution in [3.05, 3.63) is 41.2 Å². The van der Waals surface area contributed by atoms with Crippen LogP contribution in [0.3, 0.4) is 0 Å². The highest BCUT2D eigenvalue weighted by atomic mass is 16.5. The van der Waals surface area contributed by atoms with Crippen LogP contribution in [0.25, 0.3) is 6.08 Å². The Balaban J connectivity index is 0.000000157. The number of carbonyl (C=O) groups excluding carboxylic acids is 3. The molecule has 1 unspecified atom stereocenters. The van der Waals surface area contributed by atoms with Gasteiger partial charge in [-0.3, -0.25) is 14.2 Å². The van der Waals surface area contributed by atoms with Crippen LogP contribution in [-0.4, -0.2) is 29.8 Å². The molecule has 0 N–H and O–H groups in total. The van der Waals surface area contributed by atoms with E-state index < -0.39 is 11.9 Å².